The summed E-state index contributed by atoms with van der Waals surface area (Å²) in [6, 6.07) is 13.9. The lowest BCUT2D eigenvalue weighted by atomic mass is 10.1. The van der Waals surface area contributed by atoms with Crippen LogP contribution in [-0.2, 0) is 21.2 Å². The average molecular weight is 459 g/mol. The molecule has 0 radical (unpaired) electrons. The Kier molecular flexibility index (Phi) is 7.06. The van der Waals surface area contributed by atoms with Crippen molar-refractivity contribution >= 4 is 21.6 Å². The summed E-state index contributed by atoms with van der Waals surface area (Å²) in [5.41, 5.74) is 2.50. The first-order valence-electron chi connectivity index (χ1n) is 9.97. The molecule has 32 heavy (non-hydrogen) atoms. The van der Waals surface area contributed by atoms with Crippen molar-refractivity contribution in [3.63, 3.8) is 0 Å². The van der Waals surface area contributed by atoms with Crippen molar-refractivity contribution in [2.45, 2.75) is 38.1 Å². The van der Waals surface area contributed by atoms with Crippen molar-refractivity contribution in [3.05, 3.63) is 94.6 Å². The van der Waals surface area contributed by atoms with Crippen molar-refractivity contribution in [1.82, 2.24) is 4.72 Å². The van der Waals surface area contributed by atoms with Gasteiger partial charge in [-0.05, 0) is 56.0 Å². The van der Waals surface area contributed by atoms with Gasteiger partial charge in [-0.2, -0.15) is 4.72 Å². The summed E-state index contributed by atoms with van der Waals surface area (Å²) in [6.07, 6.45) is 0.0404. The molecule has 0 bridgehead atoms. The molecule has 3 rings (SSSR count). The molecule has 168 valence electrons. The highest BCUT2D eigenvalue weighted by Gasteiger charge is 2.29. The topological polar surface area (TPSA) is 75.3 Å². The zero-order valence-corrected chi connectivity index (χ0v) is 18.8. The Bertz CT molecular complexity index is 1220. The normalized spacial score (nSPS) is 12.4. The molecule has 1 atom stereocenters. The SMILES string of the molecule is Cc1cc(C)c(S(=O)(=O)NC(Cc2ccccc2)C(=O)Nc2ccc(F)cc2F)c(C)c1. The number of benzene rings is 3. The minimum atomic E-state index is -4.08. The first-order valence-corrected chi connectivity index (χ1v) is 11.4. The van der Waals surface area contributed by atoms with Crippen LogP contribution in [-0.4, -0.2) is 20.4 Å². The molecule has 5 nitrogen and oxygen atoms in total. The fraction of sp³-hybridized carbons (Fsp3) is 0.208. The predicted octanol–water partition coefficient (Wildman–Crippen LogP) is 4.42. The lowest BCUT2D eigenvalue weighted by Gasteiger charge is -2.21. The molecule has 0 saturated carbocycles. The van der Waals surface area contributed by atoms with Crippen LogP contribution in [0.4, 0.5) is 14.5 Å². The second-order valence-electron chi connectivity index (χ2n) is 7.70. The standard InChI is InChI=1S/C24H24F2N2O3S/c1-15-11-16(2)23(17(3)12-15)32(30,31)28-22(13-18-7-5-4-6-8-18)24(29)27-21-10-9-19(25)14-20(21)26/h4-12,14,22,28H,13H2,1-3H3,(H,27,29). The molecule has 8 heteroatoms. The molecule has 1 amide bonds. The van der Waals surface area contributed by atoms with E-state index in [-0.39, 0.29) is 17.0 Å². The van der Waals surface area contributed by atoms with Crippen molar-refractivity contribution in [2.75, 3.05) is 5.32 Å². The fourth-order valence-corrected chi connectivity index (χ4v) is 5.33. The van der Waals surface area contributed by atoms with Gasteiger partial charge in [-0.1, -0.05) is 48.0 Å². The maximum absolute atomic E-state index is 14.1. The number of nitrogens with one attached hydrogen (secondary N) is 2. The molecule has 0 saturated heterocycles. The Morgan fingerprint density at radius 1 is 0.938 bits per heavy atom. The summed E-state index contributed by atoms with van der Waals surface area (Å²) in [5, 5.41) is 2.36. The van der Waals surface area contributed by atoms with Gasteiger partial charge in [0.1, 0.15) is 17.7 Å². The molecule has 0 aliphatic carbocycles. The Hall–Kier alpha value is -3.10. The highest BCUT2D eigenvalue weighted by molar-refractivity contribution is 7.89. The summed E-state index contributed by atoms with van der Waals surface area (Å²) in [7, 11) is -4.08. The van der Waals surface area contributed by atoms with Gasteiger partial charge >= 0.3 is 0 Å². The molecular formula is C24H24F2N2O3S. The first kappa shape index (κ1) is 23.6. The van der Waals surface area contributed by atoms with E-state index in [0.717, 1.165) is 17.7 Å². The van der Waals surface area contributed by atoms with Gasteiger partial charge in [0.2, 0.25) is 15.9 Å². The van der Waals surface area contributed by atoms with Crippen molar-refractivity contribution in [3.8, 4) is 0 Å². The van der Waals surface area contributed by atoms with Gasteiger partial charge in [0.05, 0.1) is 10.6 Å². The lowest BCUT2D eigenvalue weighted by Crippen LogP contribution is -2.45. The van der Waals surface area contributed by atoms with E-state index in [1.807, 2.05) is 6.92 Å². The zero-order valence-electron chi connectivity index (χ0n) is 17.9. The Labute approximate surface area is 186 Å². The molecule has 0 heterocycles. The maximum atomic E-state index is 14.1. The number of hydrogen-bond donors (Lipinski definition) is 2. The van der Waals surface area contributed by atoms with E-state index in [4.69, 9.17) is 0 Å². The number of carbonyl (C=O) groups is 1. The number of halogens is 2. The summed E-state index contributed by atoms with van der Waals surface area (Å²) in [4.78, 5) is 13.1. The molecule has 0 aromatic heterocycles. The van der Waals surface area contributed by atoms with E-state index in [1.165, 1.54) is 0 Å². The van der Waals surface area contributed by atoms with Crippen LogP contribution in [0.1, 0.15) is 22.3 Å². The second kappa shape index (κ2) is 9.58. The maximum Gasteiger partial charge on any atom is 0.242 e. The van der Waals surface area contributed by atoms with Gasteiger partial charge < -0.3 is 5.32 Å². The van der Waals surface area contributed by atoms with E-state index >= 15 is 0 Å². The molecule has 0 aliphatic heterocycles. The van der Waals surface area contributed by atoms with Crippen molar-refractivity contribution in [2.24, 2.45) is 0 Å². The van der Waals surface area contributed by atoms with E-state index < -0.39 is 33.6 Å². The van der Waals surface area contributed by atoms with Gasteiger partial charge in [0, 0.05) is 6.07 Å². The summed E-state index contributed by atoms with van der Waals surface area (Å²) in [5.74, 6) is -2.50. The predicted molar refractivity (Wildman–Crippen MR) is 120 cm³/mol. The smallest absolute Gasteiger partial charge is 0.242 e. The number of rotatable bonds is 7. The number of anilines is 1. The van der Waals surface area contributed by atoms with Crippen LogP contribution in [0, 0.1) is 32.4 Å². The molecule has 1 unspecified atom stereocenters. The van der Waals surface area contributed by atoms with E-state index in [2.05, 4.69) is 10.0 Å². The van der Waals surface area contributed by atoms with Gasteiger partial charge in [-0.3, -0.25) is 4.79 Å². The molecule has 0 spiro atoms. The number of amides is 1. The number of aryl methyl sites for hydroxylation is 3. The largest absolute Gasteiger partial charge is 0.322 e. The second-order valence-corrected chi connectivity index (χ2v) is 9.36. The first-order chi connectivity index (χ1) is 15.1. The third-order valence-electron chi connectivity index (χ3n) is 4.96. The third-order valence-corrected chi connectivity index (χ3v) is 6.74. The molecule has 3 aromatic carbocycles. The molecule has 0 fully saturated rings. The Morgan fingerprint density at radius 3 is 2.16 bits per heavy atom. The van der Waals surface area contributed by atoms with Crippen molar-refractivity contribution in [1.29, 1.82) is 0 Å². The van der Waals surface area contributed by atoms with Gasteiger partial charge in [-0.15, -0.1) is 0 Å². The van der Waals surface area contributed by atoms with E-state index in [9.17, 15) is 22.0 Å². The van der Waals surface area contributed by atoms with Crippen LogP contribution in [0.5, 0.6) is 0 Å². The number of carbonyl (C=O) groups excluding carboxylic acids is 1. The minimum Gasteiger partial charge on any atom is -0.322 e. The van der Waals surface area contributed by atoms with E-state index in [0.29, 0.717) is 22.8 Å². The number of sulfonamides is 1. The average Bonchev–Trinajstić information content (AvgIpc) is 2.69. The van der Waals surface area contributed by atoms with Crippen LogP contribution < -0.4 is 10.0 Å². The molecular weight excluding hydrogens is 434 g/mol. The highest BCUT2D eigenvalue weighted by atomic mass is 32.2. The molecule has 0 aliphatic rings. The molecule has 3 aromatic rings. The van der Waals surface area contributed by atoms with Gasteiger partial charge in [0.15, 0.2) is 0 Å². The Balaban J connectivity index is 1.94. The summed E-state index contributed by atoms with van der Waals surface area (Å²) in [6.45, 7) is 5.25. The van der Waals surface area contributed by atoms with E-state index in [1.54, 1.807) is 56.3 Å². The number of hydrogen-bond acceptors (Lipinski definition) is 3. The van der Waals surface area contributed by atoms with Crippen LogP contribution in [0.15, 0.2) is 65.6 Å². The Morgan fingerprint density at radius 2 is 1.56 bits per heavy atom. The van der Waals surface area contributed by atoms with Crippen LogP contribution in [0.3, 0.4) is 0 Å². The molecule has 2 N–H and O–H groups in total. The third kappa shape index (κ3) is 5.57. The van der Waals surface area contributed by atoms with Gasteiger partial charge in [-0.25, -0.2) is 17.2 Å². The van der Waals surface area contributed by atoms with Gasteiger partial charge in [0.25, 0.3) is 0 Å². The summed E-state index contributed by atoms with van der Waals surface area (Å²) >= 11 is 0. The van der Waals surface area contributed by atoms with Crippen LogP contribution in [0.2, 0.25) is 0 Å². The summed E-state index contributed by atoms with van der Waals surface area (Å²) < 4.78 is 56.2. The fourth-order valence-electron chi connectivity index (χ4n) is 3.69. The lowest BCUT2D eigenvalue weighted by molar-refractivity contribution is -0.117. The minimum absolute atomic E-state index is 0.0404. The van der Waals surface area contributed by atoms with Crippen LogP contribution in [0.25, 0.3) is 0 Å². The monoisotopic (exact) mass is 458 g/mol. The quantitative estimate of drug-likeness (QED) is 0.551. The van der Waals surface area contributed by atoms with Crippen molar-refractivity contribution < 1.29 is 22.0 Å². The highest BCUT2D eigenvalue weighted by Crippen LogP contribution is 2.23. The van der Waals surface area contributed by atoms with Crippen LogP contribution >= 0.6 is 0 Å². The zero-order chi connectivity index (χ0) is 23.5.